The van der Waals surface area contributed by atoms with Crippen LogP contribution in [0.1, 0.15) is 6.42 Å². The molecule has 3 rings (SSSR count). The Bertz CT molecular complexity index is 805. The highest BCUT2D eigenvalue weighted by Crippen LogP contribution is 2.24. The quantitative estimate of drug-likeness (QED) is 0.767. The van der Waals surface area contributed by atoms with E-state index in [0.29, 0.717) is 24.0 Å². The first-order valence-electron chi connectivity index (χ1n) is 6.09. The number of aromatic amines is 1. The number of aryl methyl sites for hydroxylation is 1. The third-order valence-electron chi connectivity index (χ3n) is 3.22. The number of hydrogen-bond donors (Lipinski definition) is 2. The standard InChI is InChI=1S/C13H13ClN4O/c14-12-10-11(16-17-12)8-4-1-2-5-9(8)18(13(10)19)7-3-6-15/h1-2,4-5H,3,6-7,15H2,(H,16,17). The number of pyridine rings is 1. The Kier molecular flexibility index (Phi) is 3.00. The van der Waals surface area contributed by atoms with Gasteiger partial charge in [-0.3, -0.25) is 9.89 Å². The van der Waals surface area contributed by atoms with Gasteiger partial charge in [-0.15, -0.1) is 0 Å². The summed E-state index contributed by atoms with van der Waals surface area (Å²) in [7, 11) is 0. The Labute approximate surface area is 114 Å². The van der Waals surface area contributed by atoms with Gasteiger partial charge in [0.15, 0.2) is 0 Å². The predicted molar refractivity (Wildman–Crippen MR) is 76.5 cm³/mol. The molecule has 98 valence electrons. The topological polar surface area (TPSA) is 76.7 Å². The number of rotatable bonds is 3. The van der Waals surface area contributed by atoms with Crippen molar-refractivity contribution < 1.29 is 0 Å². The van der Waals surface area contributed by atoms with Crippen LogP contribution in [-0.2, 0) is 6.54 Å². The zero-order valence-corrected chi connectivity index (χ0v) is 10.9. The highest BCUT2D eigenvalue weighted by Gasteiger charge is 2.15. The van der Waals surface area contributed by atoms with E-state index in [2.05, 4.69) is 10.2 Å². The molecule has 19 heavy (non-hydrogen) atoms. The first-order chi connectivity index (χ1) is 9.24. The van der Waals surface area contributed by atoms with Gasteiger partial charge >= 0.3 is 0 Å². The summed E-state index contributed by atoms with van der Waals surface area (Å²) in [6.07, 6.45) is 0.741. The molecular formula is C13H13ClN4O. The largest absolute Gasteiger partial charge is 0.330 e. The van der Waals surface area contributed by atoms with Gasteiger partial charge in [0.2, 0.25) is 0 Å². The van der Waals surface area contributed by atoms with Gasteiger partial charge in [0.25, 0.3) is 5.56 Å². The van der Waals surface area contributed by atoms with Crippen molar-refractivity contribution in [3.05, 3.63) is 39.8 Å². The first-order valence-corrected chi connectivity index (χ1v) is 6.47. The Morgan fingerprint density at radius 1 is 1.37 bits per heavy atom. The van der Waals surface area contributed by atoms with E-state index in [1.807, 2.05) is 24.3 Å². The maximum absolute atomic E-state index is 12.5. The molecule has 0 saturated heterocycles. The van der Waals surface area contributed by atoms with E-state index in [0.717, 1.165) is 17.3 Å². The van der Waals surface area contributed by atoms with Crippen LogP contribution < -0.4 is 11.3 Å². The van der Waals surface area contributed by atoms with Gasteiger partial charge in [-0.1, -0.05) is 29.8 Å². The smallest absolute Gasteiger partial charge is 0.263 e. The molecule has 0 aliphatic rings. The fraction of sp³-hybridized carbons (Fsp3) is 0.231. The predicted octanol–water partition coefficient (Wildman–Crippen LogP) is 1.88. The van der Waals surface area contributed by atoms with Crippen LogP contribution in [0.2, 0.25) is 5.15 Å². The van der Waals surface area contributed by atoms with Gasteiger partial charge in [-0.05, 0) is 19.0 Å². The molecule has 0 unspecified atom stereocenters. The molecule has 5 nitrogen and oxygen atoms in total. The zero-order chi connectivity index (χ0) is 13.4. The lowest BCUT2D eigenvalue weighted by atomic mass is 10.1. The molecule has 3 aromatic rings. The maximum atomic E-state index is 12.5. The molecule has 0 bridgehead atoms. The number of benzene rings is 1. The van der Waals surface area contributed by atoms with Gasteiger partial charge in [0, 0.05) is 11.9 Å². The lowest BCUT2D eigenvalue weighted by molar-refractivity contribution is 0.654. The van der Waals surface area contributed by atoms with Crippen LogP contribution in [0.4, 0.5) is 0 Å². The summed E-state index contributed by atoms with van der Waals surface area (Å²) < 4.78 is 1.71. The van der Waals surface area contributed by atoms with Crippen molar-refractivity contribution in [2.75, 3.05) is 6.54 Å². The number of halogens is 1. The molecule has 0 atom stereocenters. The number of nitrogens with zero attached hydrogens (tertiary/aromatic N) is 2. The van der Waals surface area contributed by atoms with Gasteiger partial charge in [0.05, 0.1) is 5.52 Å². The SMILES string of the molecule is NCCCn1c(=O)c2c(Cl)[nH]nc2c2ccccc21. The summed E-state index contributed by atoms with van der Waals surface area (Å²) in [5.41, 5.74) is 6.89. The second-order valence-corrected chi connectivity index (χ2v) is 4.76. The Morgan fingerprint density at radius 3 is 2.95 bits per heavy atom. The van der Waals surface area contributed by atoms with Crippen LogP contribution in [0, 0.1) is 0 Å². The highest BCUT2D eigenvalue weighted by molar-refractivity contribution is 6.35. The summed E-state index contributed by atoms with van der Waals surface area (Å²) in [6.45, 7) is 1.12. The summed E-state index contributed by atoms with van der Waals surface area (Å²) in [4.78, 5) is 12.5. The molecule has 2 aromatic heterocycles. The number of fused-ring (bicyclic) bond motifs is 3. The van der Waals surface area contributed by atoms with Crippen LogP contribution in [0.25, 0.3) is 21.8 Å². The van der Waals surface area contributed by atoms with Crippen molar-refractivity contribution in [2.45, 2.75) is 13.0 Å². The molecule has 0 aliphatic carbocycles. The molecule has 3 N–H and O–H groups in total. The van der Waals surface area contributed by atoms with Crippen molar-refractivity contribution in [1.82, 2.24) is 14.8 Å². The second-order valence-electron chi connectivity index (χ2n) is 4.38. The Hall–Kier alpha value is -1.85. The van der Waals surface area contributed by atoms with Crippen LogP contribution in [0.15, 0.2) is 29.1 Å². The molecule has 0 amide bonds. The maximum Gasteiger partial charge on any atom is 0.263 e. The van der Waals surface area contributed by atoms with Gasteiger partial charge in [-0.2, -0.15) is 5.10 Å². The Balaban J connectivity index is 2.46. The number of nitrogens with two attached hydrogens (primary N) is 1. The minimum atomic E-state index is -0.124. The number of H-pyrrole nitrogens is 1. The molecule has 0 saturated carbocycles. The van der Waals surface area contributed by atoms with E-state index in [9.17, 15) is 4.79 Å². The summed E-state index contributed by atoms with van der Waals surface area (Å²) >= 11 is 6.03. The van der Waals surface area contributed by atoms with Crippen molar-refractivity contribution >= 4 is 33.4 Å². The molecule has 0 radical (unpaired) electrons. The third kappa shape index (κ3) is 1.82. The van der Waals surface area contributed by atoms with E-state index < -0.39 is 0 Å². The summed E-state index contributed by atoms with van der Waals surface area (Å²) in [5, 5.41) is 8.44. The Morgan fingerprint density at radius 2 is 2.16 bits per heavy atom. The molecule has 6 heteroatoms. The van der Waals surface area contributed by atoms with E-state index in [1.54, 1.807) is 4.57 Å². The first kappa shape index (κ1) is 12.2. The van der Waals surface area contributed by atoms with Crippen molar-refractivity contribution in [3.63, 3.8) is 0 Å². The minimum Gasteiger partial charge on any atom is -0.330 e. The van der Waals surface area contributed by atoms with Crippen LogP contribution in [0.5, 0.6) is 0 Å². The van der Waals surface area contributed by atoms with Gasteiger partial charge in [0.1, 0.15) is 16.1 Å². The van der Waals surface area contributed by atoms with E-state index in [4.69, 9.17) is 17.3 Å². The monoisotopic (exact) mass is 276 g/mol. The van der Waals surface area contributed by atoms with Crippen molar-refractivity contribution in [3.8, 4) is 0 Å². The lowest BCUT2D eigenvalue weighted by Gasteiger charge is -2.10. The van der Waals surface area contributed by atoms with E-state index in [-0.39, 0.29) is 10.7 Å². The number of nitrogens with one attached hydrogen (secondary N) is 1. The number of hydrogen-bond acceptors (Lipinski definition) is 3. The van der Waals surface area contributed by atoms with E-state index in [1.165, 1.54) is 0 Å². The third-order valence-corrected chi connectivity index (χ3v) is 3.49. The molecule has 0 fully saturated rings. The van der Waals surface area contributed by atoms with Crippen LogP contribution >= 0.6 is 11.6 Å². The molecule has 2 heterocycles. The van der Waals surface area contributed by atoms with Crippen molar-refractivity contribution in [2.24, 2.45) is 5.73 Å². The summed E-state index contributed by atoms with van der Waals surface area (Å²) in [5.74, 6) is 0. The average Bonchev–Trinajstić information content (AvgIpc) is 2.81. The fourth-order valence-corrected chi connectivity index (χ4v) is 2.55. The number of aromatic nitrogens is 3. The van der Waals surface area contributed by atoms with E-state index >= 15 is 0 Å². The second kappa shape index (κ2) is 4.68. The van der Waals surface area contributed by atoms with Crippen LogP contribution in [0.3, 0.4) is 0 Å². The minimum absolute atomic E-state index is 0.124. The van der Waals surface area contributed by atoms with Gasteiger partial charge in [-0.25, -0.2) is 0 Å². The van der Waals surface area contributed by atoms with Crippen molar-refractivity contribution in [1.29, 1.82) is 0 Å². The lowest BCUT2D eigenvalue weighted by Crippen LogP contribution is -2.22. The van der Waals surface area contributed by atoms with Crippen LogP contribution in [-0.4, -0.2) is 21.3 Å². The fourth-order valence-electron chi connectivity index (χ4n) is 2.34. The molecule has 0 spiro atoms. The zero-order valence-electron chi connectivity index (χ0n) is 10.2. The van der Waals surface area contributed by atoms with Gasteiger partial charge < -0.3 is 10.3 Å². The molecular weight excluding hydrogens is 264 g/mol. The summed E-state index contributed by atoms with van der Waals surface area (Å²) in [6, 6.07) is 7.67. The normalized spacial score (nSPS) is 11.5. The highest BCUT2D eigenvalue weighted by atomic mass is 35.5. The average molecular weight is 277 g/mol. The number of para-hydroxylation sites is 1. The molecule has 1 aromatic carbocycles. The molecule has 0 aliphatic heterocycles.